The van der Waals surface area contributed by atoms with Gasteiger partial charge in [0.15, 0.2) is 11.5 Å². The number of ether oxygens (including phenoxy) is 1. The van der Waals surface area contributed by atoms with Crippen LogP contribution in [0.5, 0.6) is 11.5 Å². The largest absolute Gasteiger partial charge is 0.504 e. The van der Waals surface area contributed by atoms with Crippen molar-refractivity contribution in [3.8, 4) is 11.5 Å². The first kappa shape index (κ1) is 15.1. The van der Waals surface area contributed by atoms with Crippen molar-refractivity contribution in [3.05, 3.63) is 58.1 Å². The van der Waals surface area contributed by atoms with Gasteiger partial charge in [0.2, 0.25) is 0 Å². The molecule has 0 aromatic heterocycles. The quantitative estimate of drug-likeness (QED) is 0.659. The fourth-order valence-corrected chi connectivity index (χ4v) is 2.11. The summed E-state index contributed by atoms with van der Waals surface area (Å²) in [4.78, 5) is 11.9. The van der Waals surface area contributed by atoms with Gasteiger partial charge < -0.3 is 9.84 Å². The van der Waals surface area contributed by atoms with E-state index in [1.54, 1.807) is 30.3 Å². The van der Waals surface area contributed by atoms with Crippen LogP contribution in [0, 0.1) is 0 Å². The molecule has 1 amide bonds. The van der Waals surface area contributed by atoms with Crippen LogP contribution < -0.4 is 10.2 Å². The van der Waals surface area contributed by atoms with Gasteiger partial charge in [-0.05, 0) is 51.8 Å². The first-order valence-electron chi connectivity index (χ1n) is 6.06. The van der Waals surface area contributed by atoms with Crippen molar-refractivity contribution >= 4 is 28.1 Å². The number of methoxy groups -OCH3 is 1. The third kappa shape index (κ3) is 3.82. The fourth-order valence-electron chi connectivity index (χ4n) is 1.65. The average molecular weight is 349 g/mol. The van der Waals surface area contributed by atoms with Gasteiger partial charge in [-0.25, -0.2) is 5.43 Å². The van der Waals surface area contributed by atoms with Gasteiger partial charge in [-0.3, -0.25) is 4.79 Å². The summed E-state index contributed by atoms with van der Waals surface area (Å²) in [6, 6.07) is 11.8. The third-order valence-electron chi connectivity index (χ3n) is 2.70. The number of amides is 1. The van der Waals surface area contributed by atoms with Crippen LogP contribution in [0.3, 0.4) is 0 Å². The summed E-state index contributed by atoms with van der Waals surface area (Å²) in [5.74, 6) is 0.0763. The number of halogens is 1. The van der Waals surface area contributed by atoms with Crippen molar-refractivity contribution < 1.29 is 14.6 Å². The highest BCUT2D eigenvalue weighted by atomic mass is 79.9. The molecule has 0 radical (unpaired) electrons. The zero-order valence-electron chi connectivity index (χ0n) is 11.2. The molecule has 2 rings (SSSR count). The van der Waals surface area contributed by atoms with E-state index in [4.69, 9.17) is 4.74 Å². The van der Waals surface area contributed by atoms with Gasteiger partial charge in [0, 0.05) is 4.47 Å². The number of nitrogens with zero attached hydrogens (tertiary/aromatic N) is 1. The molecule has 0 spiro atoms. The Morgan fingerprint density at radius 2 is 2.10 bits per heavy atom. The highest BCUT2D eigenvalue weighted by molar-refractivity contribution is 9.10. The van der Waals surface area contributed by atoms with Crippen LogP contribution in [-0.2, 0) is 0 Å². The molecule has 0 unspecified atom stereocenters. The van der Waals surface area contributed by atoms with Gasteiger partial charge in [0.05, 0.1) is 18.9 Å². The highest BCUT2D eigenvalue weighted by Gasteiger charge is 2.07. The maximum absolute atomic E-state index is 11.9. The Morgan fingerprint density at radius 1 is 1.33 bits per heavy atom. The van der Waals surface area contributed by atoms with Crippen LogP contribution in [0.1, 0.15) is 15.9 Å². The maximum atomic E-state index is 11.9. The van der Waals surface area contributed by atoms with E-state index in [0.717, 1.165) is 0 Å². The van der Waals surface area contributed by atoms with Crippen molar-refractivity contribution in [1.82, 2.24) is 5.43 Å². The van der Waals surface area contributed by atoms with Crippen LogP contribution in [0.2, 0.25) is 0 Å². The van der Waals surface area contributed by atoms with Crippen LogP contribution in [0.15, 0.2) is 52.0 Å². The fraction of sp³-hybridized carbons (Fsp3) is 0.0667. The van der Waals surface area contributed by atoms with Gasteiger partial charge in [0.25, 0.3) is 5.91 Å². The molecule has 0 atom stereocenters. The molecule has 0 saturated heterocycles. The SMILES string of the molecule is COc1cc(C=NNC(=O)c2ccccc2Br)ccc1O. The number of carbonyl (C=O) groups is 1. The topological polar surface area (TPSA) is 70.9 Å². The molecule has 6 heteroatoms. The number of nitrogens with one attached hydrogen (secondary N) is 1. The second kappa shape index (κ2) is 6.90. The lowest BCUT2D eigenvalue weighted by molar-refractivity contribution is 0.0954. The summed E-state index contributed by atoms with van der Waals surface area (Å²) in [6.45, 7) is 0. The lowest BCUT2D eigenvalue weighted by atomic mass is 10.2. The molecule has 0 bridgehead atoms. The van der Waals surface area contributed by atoms with Crippen LogP contribution in [-0.4, -0.2) is 24.3 Å². The van der Waals surface area contributed by atoms with Crippen molar-refractivity contribution in [2.45, 2.75) is 0 Å². The Morgan fingerprint density at radius 3 is 2.81 bits per heavy atom. The minimum atomic E-state index is -0.315. The third-order valence-corrected chi connectivity index (χ3v) is 3.39. The molecule has 108 valence electrons. The second-order valence-corrected chi connectivity index (χ2v) is 4.96. The normalized spacial score (nSPS) is 10.6. The Kier molecular flexibility index (Phi) is 4.94. The van der Waals surface area contributed by atoms with Crippen molar-refractivity contribution in [3.63, 3.8) is 0 Å². The summed E-state index contributed by atoms with van der Waals surface area (Å²) in [5, 5.41) is 13.4. The van der Waals surface area contributed by atoms with Gasteiger partial charge in [-0.1, -0.05) is 12.1 Å². The standard InChI is InChI=1S/C15H13BrN2O3/c1-21-14-8-10(6-7-13(14)19)9-17-18-15(20)11-4-2-3-5-12(11)16/h2-9,19H,1H3,(H,18,20). The Balaban J connectivity index is 2.06. The molecular formula is C15H13BrN2O3. The lowest BCUT2D eigenvalue weighted by Crippen LogP contribution is -2.18. The number of rotatable bonds is 4. The molecule has 0 heterocycles. The van der Waals surface area contributed by atoms with Crippen LogP contribution >= 0.6 is 15.9 Å². The molecule has 0 fully saturated rings. The number of phenols is 1. The number of hydrazone groups is 1. The van der Waals surface area contributed by atoms with Crippen molar-refractivity contribution in [1.29, 1.82) is 0 Å². The minimum absolute atomic E-state index is 0.0481. The van der Waals surface area contributed by atoms with Crippen molar-refractivity contribution in [2.75, 3.05) is 7.11 Å². The van der Waals surface area contributed by atoms with Gasteiger partial charge in [0.1, 0.15) is 0 Å². The average Bonchev–Trinajstić information content (AvgIpc) is 2.49. The maximum Gasteiger partial charge on any atom is 0.272 e. The molecule has 2 aromatic carbocycles. The smallest absolute Gasteiger partial charge is 0.272 e. The second-order valence-electron chi connectivity index (χ2n) is 4.11. The van der Waals surface area contributed by atoms with E-state index < -0.39 is 0 Å². The molecule has 21 heavy (non-hydrogen) atoms. The Hall–Kier alpha value is -2.34. The number of hydrogen-bond acceptors (Lipinski definition) is 4. The van der Waals surface area contributed by atoms with E-state index >= 15 is 0 Å². The van der Waals surface area contributed by atoms with E-state index in [0.29, 0.717) is 21.3 Å². The molecule has 2 aromatic rings. The molecule has 0 aliphatic rings. The summed E-state index contributed by atoms with van der Waals surface area (Å²) in [5.41, 5.74) is 3.63. The first-order valence-corrected chi connectivity index (χ1v) is 6.86. The number of benzene rings is 2. The van der Waals surface area contributed by atoms with E-state index in [1.165, 1.54) is 19.4 Å². The molecular weight excluding hydrogens is 336 g/mol. The van der Waals surface area contributed by atoms with Crippen LogP contribution in [0.25, 0.3) is 0 Å². The van der Waals surface area contributed by atoms with Crippen LogP contribution in [0.4, 0.5) is 0 Å². The van der Waals surface area contributed by atoms with Gasteiger partial charge in [-0.2, -0.15) is 5.10 Å². The minimum Gasteiger partial charge on any atom is -0.504 e. The number of phenolic OH excluding ortho intramolecular Hbond substituents is 1. The Labute approximate surface area is 130 Å². The van der Waals surface area contributed by atoms with E-state index in [2.05, 4.69) is 26.5 Å². The summed E-state index contributed by atoms with van der Waals surface area (Å²) >= 11 is 3.30. The number of carbonyl (C=O) groups excluding carboxylic acids is 1. The van der Waals surface area contributed by atoms with E-state index in [9.17, 15) is 9.90 Å². The number of hydrogen-bond donors (Lipinski definition) is 2. The predicted molar refractivity (Wildman–Crippen MR) is 83.9 cm³/mol. The summed E-state index contributed by atoms with van der Waals surface area (Å²) in [6.07, 6.45) is 1.47. The van der Waals surface area contributed by atoms with Crippen molar-refractivity contribution in [2.24, 2.45) is 5.10 Å². The molecule has 5 nitrogen and oxygen atoms in total. The van der Waals surface area contributed by atoms with E-state index in [-0.39, 0.29) is 11.7 Å². The van der Waals surface area contributed by atoms with Gasteiger partial charge >= 0.3 is 0 Å². The lowest BCUT2D eigenvalue weighted by Gasteiger charge is -2.04. The van der Waals surface area contributed by atoms with E-state index in [1.807, 2.05) is 6.07 Å². The monoisotopic (exact) mass is 348 g/mol. The van der Waals surface area contributed by atoms with Gasteiger partial charge in [-0.15, -0.1) is 0 Å². The zero-order chi connectivity index (χ0) is 15.2. The Bertz CT molecular complexity index is 686. The predicted octanol–water partition coefficient (Wildman–Crippen LogP) is 2.93. The zero-order valence-corrected chi connectivity index (χ0v) is 12.8. The molecule has 2 N–H and O–H groups in total. The molecule has 0 saturated carbocycles. The summed E-state index contributed by atoms with van der Waals surface area (Å²) < 4.78 is 5.69. The highest BCUT2D eigenvalue weighted by Crippen LogP contribution is 2.25. The summed E-state index contributed by atoms with van der Waals surface area (Å²) in [7, 11) is 1.46. The molecule has 0 aliphatic heterocycles. The first-order chi connectivity index (χ1) is 10.1. The molecule has 0 aliphatic carbocycles. The number of aromatic hydroxyl groups is 1.